The largest absolute Gasteiger partial charge is 0.371 e. The highest BCUT2D eigenvalue weighted by atomic mass is 15.1. The second-order valence-electron chi connectivity index (χ2n) is 5.80. The summed E-state index contributed by atoms with van der Waals surface area (Å²) in [4.78, 5) is 2.38. The molecule has 2 atom stereocenters. The van der Waals surface area contributed by atoms with Crippen LogP contribution in [0.1, 0.15) is 32.3 Å². The zero-order valence-corrected chi connectivity index (χ0v) is 12.2. The third kappa shape index (κ3) is 2.91. The smallest absolute Gasteiger partial charge is 0.0353 e. The van der Waals surface area contributed by atoms with Crippen LogP contribution in [0.5, 0.6) is 0 Å². The van der Waals surface area contributed by atoms with Gasteiger partial charge >= 0.3 is 0 Å². The van der Waals surface area contributed by atoms with Crippen LogP contribution in [0.3, 0.4) is 0 Å². The van der Waals surface area contributed by atoms with Gasteiger partial charge in [-0.15, -0.1) is 6.58 Å². The first-order valence-corrected chi connectivity index (χ1v) is 7.21. The third-order valence-electron chi connectivity index (χ3n) is 4.49. The van der Waals surface area contributed by atoms with E-state index in [1.807, 2.05) is 6.08 Å². The number of allylic oxidation sites excluding steroid dienone is 1. The van der Waals surface area contributed by atoms with Crippen LogP contribution in [0.4, 0.5) is 0 Å². The molecular formula is C18H25N. The minimum absolute atomic E-state index is 0.356. The van der Waals surface area contributed by atoms with Crippen LogP contribution >= 0.6 is 0 Å². The molecule has 0 N–H and O–H groups in total. The fourth-order valence-corrected chi connectivity index (χ4v) is 2.87. The van der Waals surface area contributed by atoms with E-state index in [1.165, 1.54) is 17.7 Å². The minimum Gasteiger partial charge on any atom is -0.371 e. The number of benzene rings is 1. The van der Waals surface area contributed by atoms with Crippen LogP contribution in [0.25, 0.3) is 0 Å². The van der Waals surface area contributed by atoms with Crippen molar-refractivity contribution in [2.45, 2.75) is 32.1 Å². The van der Waals surface area contributed by atoms with E-state index in [4.69, 9.17) is 0 Å². The van der Waals surface area contributed by atoms with Crippen molar-refractivity contribution in [2.75, 3.05) is 13.1 Å². The molecule has 2 unspecified atom stereocenters. The lowest BCUT2D eigenvalue weighted by Gasteiger charge is -2.26. The minimum atomic E-state index is 0.356. The van der Waals surface area contributed by atoms with Crippen LogP contribution in [0.2, 0.25) is 0 Å². The first-order valence-electron chi connectivity index (χ1n) is 7.21. The van der Waals surface area contributed by atoms with Gasteiger partial charge in [-0.2, -0.15) is 0 Å². The summed E-state index contributed by atoms with van der Waals surface area (Å²) < 4.78 is 0. The maximum absolute atomic E-state index is 4.17. The molecule has 19 heavy (non-hydrogen) atoms. The fourth-order valence-electron chi connectivity index (χ4n) is 2.87. The molecule has 1 aliphatic carbocycles. The van der Waals surface area contributed by atoms with Crippen LogP contribution < -0.4 is 0 Å². The highest BCUT2D eigenvalue weighted by Crippen LogP contribution is 2.54. The van der Waals surface area contributed by atoms with E-state index in [0.29, 0.717) is 5.41 Å². The van der Waals surface area contributed by atoms with Crippen molar-refractivity contribution in [3.63, 3.8) is 0 Å². The summed E-state index contributed by atoms with van der Waals surface area (Å²) in [7, 11) is 0. The molecule has 0 aliphatic heterocycles. The molecule has 1 aromatic rings. The average Bonchev–Trinajstić information content (AvgIpc) is 3.10. The van der Waals surface area contributed by atoms with E-state index in [1.54, 1.807) is 0 Å². The highest BCUT2D eigenvalue weighted by molar-refractivity contribution is 5.32. The summed E-state index contributed by atoms with van der Waals surface area (Å²) in [6, 6.07) is 10.9. The summed E-state index contributed by atoms with van der Waals surface area (Å²) in [5.41, 5.74) is 3.05. The lowest BCUT2D eigenvalue weighted by Crippen LogP contribution is -2.26. The van der Waals surface area contributed by atoms with Gasteiger partial charge in [-0.25, -0.2) is 0 Å². The number of rotatable bonds is 7. The van der Waals surface area contributed by atoms with Crippen molar-refractivity contribution >= 4 is 0 Å². The Hall–Kier alpha value is -1.50. The first kappa shape index (κ1) is 13.9. The zero-order chi connectivity index (χ0) is 13.9. The number of hydrogen-bond acceptors (Lipinski definition) is 1. The molecule has 0 spiro atoms. The van der Waals surface area contributed by atoms with E-state index in [9.17, 15) is 0 Å². The molecular weight excluding hydrogens is 230 g/mol. The summed E-state index contributed by atoms with van der Waals surface area (Å²) in [6.07, 6.45) is 4.27. The van der Waals surface area contributed by atoms with Gasteiger partial charge in [-0.3, -0.25) is 0 Å². The maximum atomic E-state index is 4.17. The average molecular weight is 255 g/mol. The Labute approximate surface area is 117 Å². The quantitative estimate of drug-likeness (QED) is 0.654. The molecule has 1 saturated carbocycles. The first-order chi connectivity index (χ1) is 9.11. The molecule has 0 saturated heterocycles. The normalized spacial score (nSPS) is 24.8. The fraction of sp³-hybridized carbons (Fsp3) is 0.444. The molecule has 0 heterocycles. The molecule has 0 bridgehead atoms. The molecule has 0 radical (unpaired) electrons. The second kappa shape index (κ2) is 5.64. The van der Waals surface area contributed by atoms with E-state index in [2.05, 4.69) is 62.2 Å². The Morgan fingerprint density at radius 3 is 2.68 bits per heavy atom. The van der Waals surface area contributed by atoms with Crippen molar-refractivity contribution in [3.05, 3.63) is 60.8 Å². The third-order valence-corrected chi connectivity index (χ3v) is 4.49. The molecule has 102 valence electrons. The van der Waals surface area contributed by atoms with E-state index in [0.717, 1.165) is 25.4 Å². The van der Waals surface area contributed by atoms with Gasteiger partial charge in [-0.05, 0) is 29.7 Å². The predicted octanol–water partition coefficient (Wildman–Crippen LogP) is 4.38. The summed E-state index contributed by atoms with van der Waals surface area (Å²) >= 11 is 0. The molecule has 0 aromatic heterocycles. The van der Waals surface area contributed by atoms with Gasteiger partial charge in [-0.1, -0.05) is 56.8 Å². The number of hydrogen-bond donors (Lipinski definition) is 0. The van der Waals surface area contributed by atoms with Gasteiger partial charge in [0, 0.05) is 18.8 Å². The molecule has 1 nitrogen and oxygen atoms in total. The van der Waals surface area contributed by atoms with Crippen LogP contribution in [-0.2, 0) is 5.41 Å². The Kier molecular flexibility index (Phi) is 4.14. The predicted molar refractivity (Wildman–Crippen MR) is 83.1 cm³/mol. The van der Waals surface area contributed by atoms with E-state index >= 15 is 0 Å². The standard InChI is InChI=1S/C18H25N/c1-5-12-19(15(3)6-2)14-17-13-18(17,4)16-10-8-7-9-11-16/h5,7-11,17H,1,3,6,12-14H2,2,4H3. The van der Waals surface area contributed by atoms with Crippen LogP contribution in [0, 0.1) is 5.92 Å². The molecule has 0 amide bonds. The Balaban J connectivity index is 2.02. The summed E-state index contributed by atoms with van der Waals surface area (Å²) in [5, 5.41) is 0. The Morgan fingerprint density at radius 1 is 1.42 bits per heavy atom. The van der Waals surface area contributed by atoms with Gasteiger partial charge < -0.3 is 4.90 Å². The molecule has 2 rings (SSSR count). The monoisotopic (exact) mass is 255 g/mol. The molecule has 1 aromatic carbocycles. The lowest BCUT2D eigenvalue weighted by molar-refractivity contribution is 0.342. The van der Waals surface area contributed by atoms with Gasteiger partial charge in [0.1, 0.15) is 0 Å². The Bertz CT molecular complexity index is 448. The van der Waals surface area contributed by atoms with E-state index in [-0.39, 0.29) is 0 Å². The summed E-state index contributed by atoms with van der Waals surface area (Å²) in [6.45, 7) is 14.6. The van der Waals surface area contributed by atoms with Gasteiger partial charge in [0.25, 0.3) is 0 Å². The Morgan fingerprint density at radius 2 is 2.11 bits per heavy atom. The van der Waals surface area contributed by atoms with Crippen molar-refractivity contribution in [1.82, 2.24) is 4.90 Å². The van der Waals surface area contributed by atoms with Gasteiger partial charge in [0.15, 0.2) is 0 Å². The van der Waals surface area contributed by atoms with Crippen molar-refractivity contribution in [2.24, 2.45) is 5.92 Å². The number of nitrogens with zero attached hydrogens (tertiary/aromatic N) is 1. The topological polar surface area (TPSA) is 3.24 Å². The lowest BCUT2D eigenvalue weighted by atomic mass is 9.95. The zero-order valence-electron chi connectivity index (χ0n) is 12.2. The van der Waals surface area contributed by atoms with Gasteiger partial charge in [0.2, 0.25) is 0 Å². The van der Waals surface area contributed by atoms with Gasteiger partial charge in [0.05, 0.1) is 0 Å². The van der Waals surface area contributed by atoms with Crippen molar-refractivity contribution in [1.29, 1.82) is 0 Å². The van der Waals surface area contributed by atoms with Crippen molar-refractivity contribution in [3.8, 4) is 0 Å². The molecule has 1 aliphatic rings. The van der Waals surface area contributed by atoms with Crippen molar-refractivity contribution < 1.29 is 0 Å². The molecule has 1 heteroatoms. The second-order valence-corrected chi connectivity index (χ2v) is 5.80. The molecule has 1 fully saturated rings. The summed E-state index contributed by atoms with van der Waals surface area (Å²) in [5.74, 6) is 0.734. The van der Waals surface area contributed by atoms with Crippen LogP contribution in [0.15, 0.2) is 55.3 Å². The SMILES string of the molecule is C=CCN(CC1CC1(C)c1ccccc1)C(=C)CC. The van der Waals surface area contributed by atoms with E-state index < -0.39 is 0 Å². The maximum Gasteiger partial charge on any atom is 0.0353 e. The highest BCUT2D eigenvalue weighted by Gasteiger charge is 2.51. The van der Waals surface area contributed by atoms with Crippen LogP contribution in [-0.4, -0.2) is 18.0 Å².